The van der Waals surface area contributed by atoms with Gasteiger partial charge in [-0.15, -0.1) is 0 Å². The van der Waals surface area contributed by atoms with Crippen LogP contribution in [0.1, 0.15) is 10.4 Å². The quantitative estimate of drug-likeness (QED) is 0.364. The Morgan fingerprint density at radius 3 is 2.58 bits per heavy atom. The average molecular weight is 486 g/mol. The van der Waals surface area contributed by atoms with Crippen molar-refractivity contribution in [2.75, 3.05) is 19.5 Å². The van der Waals surface area contributed by atoms with Crippen molar-refractivity contribution in [3.05, 3.63) is 71.0 Å². The number of carbonyl (C=O) groups is 1. The van der Waals surface area contributed by atoms with E-state index in [1.165, 1.54) is 32.4 Å². The number of methoxy groups -OCH3 is 2. The lowest BCUT2D eigenvalue weighted by molar-refractivity contribution is 0.0977. The maximum absolute atomic E-state index is 13.3. The second-order valence-corrected chi connectivity index (χ2v) is 7.62. The van der Waals surface area contributed by atoms with Crippen LogP contribution in [0.25, 0.3) is 22.6 Å². The Morgan fingerprint density at radius 2 is 1.85 bits per heavy atom. The van der Waals surface area contributed by atoms with Crippen LogP contribution in [0.2, 0.25) is 5.02 Å². The molecule has 0 unspecified atom stereocenters. The third-order valence-electron chi connectivity index (χ3n) is 4.68. The van der Waals surface area contributed by atoms with E-state index in [2.05, 4.69) is 15.6 Å². The molecule has 0 aliphatic rings. The Kier molecular flexibility index (Phi) is 6.43. The van der Waals surface area contributed by atoms with Gasteiger partial charge in [0.2, 0.25) is 5.89 Å². The predicted octanol–water partition coefficient (Wildman–Crippen LogP) is 5.43. The first-order chi connectivity index (χ1) is 15.9. The summed E-state index contributed by atoms with van der Waals surface area (Å²) < 4.78 is 29.4. The molecule has 0 bridgehead atoms. The third kappa shape index (κ3) is 4.89. The lowest BCUT2D eigenvalue weighted by Crippen LogP contribution is -2.34. The molecule has 0 saturated carbocycles. The molecule has 0 atom stereocenters. The van der Waals surface area contributed by atoms with Gasteiger partial charge in [0.1, 0.15) is 11.3 Å². The second kappa shape index (κ2) is 9.43. The Morgan fingerprint density at radius 1 is 1.06 bits per heavy atom. The summed E-state index contributed by atoms with van der Waals surface area (Å²) in [5, 5.41) is 5.84. The summed E-state index contributed by atoms with van der Waals surface area (Å²) in [7, 11) is 3.00. The minimum atomic E-state index is -0.449. The molecular weight excluding hydrogens is 469 g/mol. The molecule has 2 N–H and O–H groups in total. The van der Waals surface area contributed by atoms with Gasteiger partial charge in [-0.2, -0.15) is 0 Å². The molecule has 1 heterocycles. The van der Waals surface area contributed by atoms with Crippen LogP contribution in [0.4, 0.5) is 10.1 Å². The molecule has 0 saturated heterocycles. The molecular formula is C23H17ClFN3O4S. The SMILES string of the molecule is COc1ccc(C(=O)NC(=S)Nc2ccc3oc(-c4ccc(F)cc4Cl)nc3c2)cc1OC. The largest absolute Gasteiger partial charge is 0.493 e. The monoisotopic (exact) mass is 485 g/mol. The number of amides is 1. The lowest BCUT2D eigenvalue weighted by atomic mass is 10.2. The molecule has 168 valence electrons. The zero-order valence-electron chi connectivity index (χ0n) is 17.4. The highest BCUT2D eigenvalue weighted by molar-refractivity contribution is 7.80. The average Bonchev–Trinajstić information content (AvgIpc) is 3.21. The van der Waals surface area contributed by atoms with E-state index in [9.17, 15) is 9.18 Å². The first-order valence-corrected chi connectivity index (χ1v) is 10.4. The number of thiocarbonyl (C=S) groups is 1. The molecule has 0 aliphatic carbocycles. The van der Waals surface area contributed by atoms with E-state index in [4.69, 9.17) is 37.7 Å². The van der Waals surface area contributed by atoms with Crippen LogP contribution in [0.5, 0.6) is 11.5 Å². The highest BCUT2D eigenvalue weighted by Crippen LogP contribution is 2.31. The number of ether oxygens (including phenoxy) is 2. The van der Waals surface area contributed by atoms with E-state index in [-0.39, 0.29) is 16.0 Å². The van der Waals surface area contributed by atoms with Gasteiger partial charge in [0, 0.05) is 11.3 Å². The lowest BCUT2D eigenvalue weighted by Gasteiger charge is -2.11. The standard InChI is InChI=1S/C23H17ClFN3O4S/c1-30-19-7-3-12(9-20(19)31-2)21(29)28-23(33)26-14-5-8-18-17(11-14)27-22(32-18)15-6-4-13(25)10-16(15)24/h3-11H,1-2H3,(H2,26,28,29,33). The highest BCUT2D eigenvalue weighted by atomic mass is 35.5. The van der Waals surface area contributed by atoms with Gasteiger partial charge in [-0.1, -0.05) is 11.6 Å². The van der Waals surface area contributed by atoms with Crippen LogP contribution in [0, 0.1) is 5.82 Å². The molecule has 4 aromatic rings. The van der Waals surface area contributed by atoms with Gasteiger partial charge < -0.3 is 19.2 Å². The molecule has 7 nitrogen and oxygen atoms in total. The van der Waals surface area contributed by atoms with E-state index in [1.54, 1.807) is 36.4 Å². The molecule has 33 heavy (non-hydrogen) atoms. The van der Waals surface area contributed by atoms with Crippen LogP contribution >= 0.6 is 23.8 Å². The summed E-state index contributed by atoms with van der Waals surface area (Å²) in [6.45, 7) is 0. The number of oxazole rings is 1. The van der Waals surface area contributed by atoms with Crippen molar-refractivity contribution in [3.8, 4) is 23.0 Å². The number of rotatable bonds is 5. The molecule has 0 aliphatic heterocycles. The van der Waals surface area contributed by atoms with Gasteiger partial charge in [0.15, 0.2) is 22.2 Å². The van der Waals surface area contributed by atoms with Crippen molar-refractivity contribution in [3.63, 3.8) is 0 Å². The number of hydrogen-bond acceptors (Lipinski definition) is 6. The number of nitrogens with one attached hydrogen (secondary N) is 2. The summed E-state index contributed by atoms with van der Waals surface area (Å²) in [4.78, 5) is 17.0. The summed E-state index contributed by atoms with van der Waals surface area (Å²) >= 11 is 11.4. The first kappa shape index (κ1) is 22.5. The Balaban J connectivity index is 1.48. The summed E-state index contributed by atoms with van der Waals surface area (Å²) in [6.07, 6.45) is 0. The number of carbonyl (C=O) groups excluding carboxylic acids is 1. The first-order valence-electron chi connectivity index (χ1n) is 9.58. The van der Waals surface area contributed by atoms with Crippen molar-refractivity contribution in [1.29, 1.82) is 0 Å². The van der Waals surface area contributed by atoms with Gasteiger partial charge in [-0.3, -0.25) is 10.1 Å². The normalized spacial score (nSPS) is 10.7. The Bertz CT molecular complexity index is 1380. The van der Waals surface area contributed by atoms with E-state index in [1.807, 2.05) is 0 Å². The van der Waals surface area contributed by atoms with Gasteiger partial charge >= 0.3 is 0 Å². The zero-order chi connectivity index (χ0) is 23.5. The Labute approximate surface area is 198 Å². The molecule has 4 rings (SSSR count). The van der Waals surface area contributed by atoms with Gasteiger partial charge in [0.05, 0.1) is 24.8 Å². The van der Waals surface area contributed by atoms with Crippen LogP contribution in [-0.2, 0) is 0 Å². The van der Waals surface area contributed by atoms with Gasteiger partial charge in [-0.05, 0) is 66.8 Å². The molecule has 0 radical (unpaired) electrons. The molecule has 0 spiro atoms. The fourth-order valence-corrected chi connectivity index (χ4v) is 3.56. The molecule has 0 fully saturated rings. The Hall–Kier alpha value is -3.69. The minimum absolute atomic E-state index is 0.0967. The van der Waals surface area contributed by atoms with Crippen LogP contribution < -0.4 is 20.1 Å². The van der Waals surface area contributed by atoms with E-state index < -0.39 is 11.7 Å². The van der Waals surface area contributed by atoms with Crippen molar-refractivity contribution in [2.24, 2.45) is 0 Å². The van der Waals surface area contributed by atoms with Crippen LogP contribution in [0.3, 0.4) is 0 Å². The highest BCUT2D eigenvalue weighted by Gasteiger charge is 2.15. The topological polar surface area (TPSA) is 85.6 Å². The number of halogens is 2. The number of anilines is 1. The molecule has 1 amide bonds. The van der Waals surface area contributed by atoms with Crippen LogP contribution in [-0.4, -0.2) is 30.2 Å². The van der Waals surface area contributed by atoms with Gasteiger partial charge in [-0.25, -0.2) is 9.37 Å². The summed E-state index contributed by atoms with van der Waals surface area (Å²) in [5.74, 6) is 0.338. The molecule has 3 aromatic carbocycles. The maximum atomic E-state index is 13.3. The second-order valence-electron chi connectivity index (χ2n) is 6.80. The van der Waals surface area contributed by atoms with E-state index >= 15 is 0 Å². The number of fused-ring (bicyclic) bond motifs is 1. The third-order valence-corrected chi connectivity index (χ3v) is 5.20. The van der Waals surface area contributed by atoms with Crippen molar-refractivity contribution in [2.45, 2.75) is 0 Å². The number of aromatic nitrogens is 1. The van der Waals surface area contributed by atoms with Gasteiger partial charge in [0.25, 0.3) is 5.91 Å². The van der Waals surface area contributed by atoms with Crippen LogP contribution in [0.15, 0.2) is 59.0 Å². The fourth-order valence-electron chi connectivity index (χ4n) is 3.10. The van der Waals surface area contributed by atoms with E-state index in [0.717, 1.165) is 0 Å². The maximum Gasteiger partial charge on any atom is 0.257 e. The summed E-state index contributed by atoms with van der Waals surface area (Å²) in [6, 6.07) is 13.9. The van der Waals surface area contributed by atoms with Crippen molar-refractivity contribution < 1.29 is 23.1 Å². The molecule has 1 aromatic heterocycles. The number of hydrogen-bond donors (Lipinski definition) is 2. The smallest absolute Gasteiger partial charge is 0.257 e. The van der Waals surface area contributed by atoms with E-state index in [0.29, 0.717) is 39.4 Å². The van der Waals surface area contributed by atoms with Crippen molar-refractivity contribution >= 4 is 51.6 Å². The van der Waals surface area contributed by atoms with Crippen molar-refractivity contribution in [1.82, 2.24) is 10.3 Å². The zero-order valence-corrected chi connectivity index (χ0v) is 19.0. The number of nitrogens with zero attached hydrogens (tertiary/aromatic N) is 1. The fraction of sp³-hybridized carbons (Fsp3) is 0.0870. The predicted molar refractivity (Wildman–Crippen MR) is 128 cm³/mol. The minimum Gasteiger partial charge on any atom is -0.493 e. The summed E-state index contributed by atoms with van der Waals surface area (Å²) in [5.41, 5.74) is 2.46. The number of benzene rings is 3. The molecule has 10 heteroatoms.